The Morgan fingerprint density at radius 2 is 2.03 bits per heavy atom. The van der Waals surface area contributed by atoms with E-state index in [1.807, 2.05) is 23.6 Å². The zero-order valence-corrected chi connectivity index (χ0v) is 21.7. The number of amides is 2. The Morgan fingerprint density at radius 1 is 1.25 bits per heavy atom. The maximum absolute atomic E-state index is 12.1. The predicted molar refractivity (Wildman–Crippen MR) is 133 cm³/mol. The number of carbonyl (C=O) groups excluding carboxylic acids is 1. The summed E-state index contributed by atoms with van der Waals surface area (Å²) in [4.78, 5) is 19.6. The molecule has 0 unspecified atom stereocenters. The zero-order chi connectivity index (χ0) is 23.4. The van der Waals surface area contributed by atoms with E-state index in [0.29, 0.717) is 37.1 Å². The van der Waals surface area contributed by atoms with Gasteiger partial charge >= 0.3 is 6.03 Å². The molecular formula is C22H31ClN4O3SSi. The van der Waals surface area contributed by atoms with Crippen molar-refractivity contribution in [2.45, 2.75) is 52.1 Å². The number of fused-ring (bicyclic) bond motifs is 1. The molecule has 0 atom stereocenters. The first-order chi connectivity index (χ1) is 15.0. The molecule has 0 saturated heterocycles. The molecule has 0 aliphatic carbocycles. The van der Waals surface area contributed by atoms with Crippen LogP contribution in [0.1, 0.15) is 32.2 Å². The van der Waals surface area contributed by atoms with Gasteiger partial charge < -0.3 is 24.8 Å². The van der Waals surface area contributed by atoms with E-state index >= 15 is 0 Å². The second kappa shape index (κ2) is 10.2. The van der Waals surface area contributed by atoms with E-state index in [4.69, 9.17) is 20.8 Å². The molecule has 2 amide bonds. The summed E-state index contributed by atoms with van der Waals surface area (Å²) in [6.07, 6.45) is 0. The van der Waals surface area contributed by atoms with Crippen molar-refractivity contribution >= 4 is 48.2 Å². The Bertz CT molecular complexity index is 1050. The number of hydrogen-bond acceptors (Lipinski definition) is 5. The number of aromatic nitrogens is 2. The van der Waals surface area contributed by atoms with Crippen LogP contribution in [-0.2, 0) is 17.6 Å². The molecule has 0 radical (unpaired) electrons. The molecule has 0 aliphatic heterocycles. The number of nitrogens with one attached hydrogen (secondary N) is 3. The van der Waals surface area contributed by atoms with Crippen LogP contribution in [0.2, 0.25) is 23.2 Å². The number of H-pyrrole nitrogens is 1. The number of carbonyl (C=O) groups is 1. The first-order valence-corrected chi connectivity index (χ1v) is 14.7. The molecule has 174 valence electrons. The van der Waals surface area contributed by atoms with E-state index in [2.05, 4.69) is 54.5 Å². The molecule has 2 heterocycles. The van der Waals surface area contributed by atoms with Gasteiger partial charge in [0, 0.05) is 34.6 Å². The lowest BCUT2D eigenvalue weighted by Crippen LogP contribution is -2.43. The minimum atomic E-state index is -1.80. The molecule has 0 fully saturated rings. The number of nitrogens with zero attached hydrogens (tertiary/aromatic N) is 1. The Balaban J connectivity index is 1.48. The summed E-state index contributed by atoms with van der Waals surface area (Å²) in [5.41, 5.74) is 4.40. The number of urea groups is 1. The molecule has 1 aromatic carbocycles. The average molecular weight is 495 g/mol. The van der Waals surface area contributed by atoms with Crippen molar-refractivity contribution in [1.82, 2.24) is 20.6 Å². The third kappa shape index (κ3) is 6.47. The van der Waals surface area contributed by atoms with E-state index < -0.39 is 8.32 Å². The second-order valence-electron chi connectivity index (χ2n) is 9.15. The van der Waals surface area contributed by atoms with Crippen molar-refractivity contribution in [3.8, 4) is 5.75 Å². The summed E-state index contributed by atoms with van der Waals surface area (Å²) in [5, 5.41) is 9.29. The number of benzene rings is 1. The van der Waals surface area contributed by atoms with E-state index in [0.717, 1.165) is 22.3 Å². The first kappa shape index (κ1) is 24.6. The molecule has 0 aliphatic rings. The number of halogens is 1. The number of rotatable bonds is 9. The van der Waals surface area contributed by atoms with Crippen molar-refractivity contribution in [3.05, 3.63) is 45.5 Å². The van der Waals surface area contributed by atoms with Crippen molar-refractivity contribution < 1.29 is 14.0 Å². The molecule has 0 bridgehead atoms. The standard InChI is InChI=1S/C22H31ClN4O3SSi/c1-22(2,3)32(4,5)30-7-6-24-21(28)25-11-16-8-15-9-18(23)20(10-19(15)27-16)29-12-17-13-31-14-26-17/h8-10,13-14,27H,6-7,11-12H2,1-5H3,(H2,24,25,28). The van der Waals surface area contributed by atoms with Crippen LogP contribution in [-0.4, -0.2) is 37.5 Å². The minimum Gasteiger partial charge on any atom is -0.486 e. The fraction of sp³-hybridized carbons (Fsp3) is 0.455. The lowest BCUT2D eigenvalue weighted by Gasteiger charge is -2.36. The number of thiazole rings is 1. The largest absolute Gasteiger partial charge is 0.486 e. The van der Waals surface area contributed by atoms with Crippen LogP contribution in [0.5, 0.6) is 5.75 Å². The van der Waals surface area contributed by atoms with E-state index in [1.165, 1.54) is 11.3 Å². The van der Waals surface area contributed by atoms with E-state index in [-0.39, 0.29) is 11.1 Å². The fourth-order valence-corrected chi connectivity index (χ4v) is 4.60. The van der Waals surface area contributed by atoms with E-state index in [9.17, 15) is 4.79 Å². The molecule has 10 heteroatoms. The van der Waals surface area contributed by atoms with Crippen molar-refractivity contribution in [1.29, 1.82) is 0 Å². The normalized spacial score (nSPS) is 12.2. The molecule has 3 N–H and O–H groups in total. The maximum atomic E-state index is 12.1. The molecule has 0 saturated carbocycles. The van der Waals surface area contributed by atoms with Crippen LogP contribution in [0.3, 0.4) is 0 Å². The summed E-state index contributed by atoms with van der Waals surface area (Å²) >= 11 is 7.89. The molecule has 3 rings (SSSR count). The van der Waals surface area contributed by atoms with Gasteiger partial charge in [0.2, 0.25) is 0 Å². The summed E-state index contributed by atoms with van der Waals surface area (Å²) in [5.74, 6) is 0.591. The smallest absolute Gasteiger partial charge is 0.315 e. The Kier molecular flexibility index (Phi) is 7.87. The number of aromatic amines is 1. The van der Waals surface area contributed by atoms with Gasteiger partial charge in [-0.05, 0) is 30.3 Å². The Morgan fingerprint density at radius 3 is 2.72 bits per heavy atom. The summed E-state index contributed by atoms with van der Waals surface area (Å²) < 4.78 is 11.9. The third-order valence-corrected chi connectivity index (χ3v) is 11.2. The number of ether oxygens (including phenoxy) is 1. The molecular weight excluding hydrogens is 464 g/mol. The fourth-order valence-electron chi connectivity index (χ4n) is 2.78. The highest BCUT2D eigenvalue weighted by Gasteiger charge is 2.36. The topological polar surface area (TPSA) is 88.3 Å². The molecule has 3 aromatic rings. The molecule has 2 aromatic heterocycles. The van der Waals surface area contributed by atoms with Crippen LogP contribution < -0.4 is 15.4 Å². The van der Waals surface area contributed by atoms with Crippen LogP contribution in [0.25, 0.3) is 10.9 Å². The van der Waals surface area contributed by atoms with Gasteiger partial charge in [-0.3, -0.25) is 0 Å². The summed E-state index contributed by atoms with van der Waals surface area (Å²) in [6, 6.07) is 5.46. The van der Waals surface area contributed by atoms with Crippen LogP contribution >= 0.6 is 22.9 Å². The minimum absolute atomic E-state index is 0.152. The SMILES string of the molecule is CC(C)(C)[Si](C)(C)OCCNC(=O)NCc1cc2cc(Cl)c(OCc3cscn3)cc2[nH]1. The average Bonchev–Trinajstić information content (AvgIpc) is 3.36. The highest BCUT2D eigenvalue weighted by molar-refractivity contribution is 7.07. The third-order valence-electron chi connectivity index (χ3n) is 5.68. The number of hydrogen-bond donors (Lipinski definition) is 3. The lowest BCUT2D eigenvalue weighted by molar-refractivity contribution is 0.234. The summed E-state index contributed by atoms with van der Waals surface area (Å²) in [7, 11) is -1.80. The monoisotopic (exact) mass is 494 g/mol. The Labute approximate surface area is 199 Å². The highest BCUT2D eigenvalue weighted by atomic mass is 35.5. The lowest BCUT2D eigenvalue weighted by atomic mass is 10.2. The van der Waals surface area contributed by atoms with Gasteiger partial charge in [0.1, 0.15) is 12.4 Å². The van der Waals surface area contributed by atoms with Gasteiger partial charge in [0.15, 0.2) is 8.32 Å². The highest BCUT2D eigenvalue weighted by Crippen LogP contribution is 2.36. The van der Waals surface area contributed by atoms with Crippen molar-refractivity contribution in [3.63, 3.8) is 0 Å². The van der Waals surface area contributed by atoms with Gasteiger partial charge in [-0.1, -0.05) is 32.4 Å². The molecule has 32 heavy (non-hydrogen) atoms. The van der Waals surface area contributed by atoms with Crippen molar-refractivity contribution in [2.24, 2.45) is 0 Å². The second-order valence-corrected chi connectivity index (χ2v) is 15.1. The predicted octanol–water partition coefficient (Wildman–Crippen LogP) is 5.68. The van der Waals surface area contributed by atoms with Crippen LogP contribution in [0, 0.1) is 0 Å². The molecule has 0 spiro atoms. The maximum Gasteiger partial charge on any atom is 0.315 e. The van der Waals surface area contributed by atoms with Crippen LogP contribution in [0.15, 0.2) is 29.1 Å². The van der Waals surface area contributed by atoms with E-state index in [1.54, 1.807) is 5.51 Å². The van der Waals surface area contributed by atoms with Gasteiger partial charge in [-0.15, -0.1) is 11.3 Å². The van der Waals surface area contributed by atoms with Crippen LogP contribution in [0.4, 0.5) is 4.79 Å². The van der Waals surface area contributed by atoms with Crippen molar-refractivity contribution in [2.75, 3.05) is 13.2 Å². The van der Waals surface area contributed by atoms with Gasteiger partial charge in [0.25, 0.3) is 0 Å². The molecule has 7 nitrogen and oxygen atoms in total. The first-order valence-electron chi connectivity index (χ1n) is 10.5. The van der Waals surface area contributed by atoms with Gasteiger partial charge in [0.05, 0.1) is 29.4 Å². The zero-order valence-electron chi connectivity index (χ0n) is 19.2. The quantitative estimate of drug-likeness (QED) is 0.264. The van der Waals surface area contributed by atoms with Gasteiger partial charge in [-0.25, -0.2) is 9.78 Å². The Hall–Kier alpha value is -2.07. The summed E-state index contributed by atoms with van der Waals surface area (Å²) in [6.45, 7) is 12.7. The van der Waals surface area contributed by atoms with Gasteiger partial charge in [-0.2, -0.15) is 0 Å².